The number of hydrogen-bond acceptors (Lipinski definition) is 4. The SMILES string of the molecule is Cn1cc(C(N)=O)c2ccc(N(CC(=O)O)S(=O)(=O)c3cc(Cl)cc(Cl)c3)cc21. The second-order valence-electron chi connectivity index (χ2n) is 6.23. The van der Waals surface area contributed by atoms with Crippen molar-refractivity contribution in [2.45, 2.75) is 4.90 Å². The first-order valence-corrected chi connectivity index (χ1v) is 10.3. The number of carboxylic acids is 1. The van der Waals surface area contributed by atoms with Crippen molar-refractivity contribution >= 4 is 61.7 Å². The second-order valence-corrected chi connectivity index (χ2v) is 8.97. The molecule has 2 aromatic carbocycles. The molecule has 1 aromatic heterocycles. The molecule has 8 nitrogen and oxygen atoms in total. The highest BCUT2D eigenvalue weighted by molar-refractivity contribution is 7.92. The molecule has 3 rings (SSSR count). The monoisotopic (exact) mass is 455 g/mol. The van der Waals surface area contributed by atoms with E-state index < -0.39 is 28.4 Å². The first-order chi connectivity index (χ1) is 13.5. The van der Waals surface area contributed by atoms with Gasteiger partial charge in [0.1, 0.15) is 6.54 Å². The number of benzene rings is 2. The van der Waals surface area contributed by atoms with Gasteiger partial charge in [0, 0.05) is 28.7 Å². The summed E-state index contributed by atoms with van der Waals surface area (Å²) >= 11 is 11.8. The Morgan fingerprint density at radius 2 is 1.76 bits per heavy atom. The molecule has 1 amide bonds. The van der Waals surface area contributed by atoms with Crippen molar-refractivity contribution in [3.05, 3.63) is 58.2 Å². The van der Waals surface area contributed by atoms with Crippen LogP contribution in [-0.2, 0) is 21.9 Å². The predicted octanol–water partition coefficient (Wildman–Crippen LogP) is 2.86. The number of nitrogens with two attached hydrogens (primary N) is 1. The van der Waals surface area contributed by atoms with E-state index in [0.29, 0.717) is 10.9 Å². The molecule has 0 atom stereocenters. The maximum Gasteiger partial charge on any atom is 0.324 e. The Hall–Kier alpha value is -2.75. The van der Waals surface area contributed by atoms with E-state index in [9.17, 15) is 23.1 Å². The Labute approximate surface area is 176 Å². The van der Waals surface area contributed by atoms with Gasteiger partial charge < -0.3 is 15.4 Å². The van der Waals surface area contributed by atoms with Crippen LogP contribution in [0.1, 0.15) is 10.4 Å². The van der Waals surface area contributed by atoms with E-state index >= 15 is 0 Å². The standard InChI is InChI=1S/C18H15Cl2N3O5S/c1-22-8-15(18(21)26)14-3-2-12(7-16(14)22)23(9-17(24)25)29(27,28)13-5-10(19)4-11(20)6-13/h2-8H,9H2,1H3,(H2,21,26)(H,24,25). The van der Waals surface area contributed by atoms with E-state index in [2.05, 4.69) is 0 Å². The van der Waals surface area contributed by atoms with E-state index in [1.54, 1.807) is 11.6 Å². The van der Waals surface area contributed by atoms with Crippen LogP contribution in [0.3, 0.4) is 0 Å². The quantitative estimate of drug-likeness (QED) is 0.591. The summed E-state index contributed by atoms with van der Waals surface area (Å²) in [4.78, 5) is 22.7. The van der Waals surface area contributed by atoms with Crippen molar-refractivity contribution < 1.29 is 23.1 Å². The average Bonchev–Trinajstić information content (AvgIpc) is 2.95. The van der Waals surface area contributed by atoms with Crippen molar-refractivity contribution in [3.63, 3.8) is 0 Å². The minimum Gasteiger partial charge on any atom is -0.480 e. The molecule has 0 aliphatic rings. The Kier molecular flexibility index (Phi) is 5.48. The number of carbonyl (C=O) groups excluding carboxylic acids is 1. The van der Waals surface area contributed by atoms with Crippen molar-refractivity contribution in [2.75, 3.05) is 10.8 Å². The highest BCUT2D eigenvalue weighted by Crippen LogP contribution is 2.31. The number of fused-ring (bicyclic) bond motifs is 1. The van der Waals surface area contributed by atoms with Crippen molar-refractivity contribution in [2.24, 2.45) is 12.8 Å². The number of hydrogen-bond donors (Lipinski definition) is 2. The van der Waals surface area contributed by atoms with Crippen LogP contribution in [0.4, 0.5) is 5.69 Å². The van der Waals surface area contributed by atoms with Gasteiger partial charge >= 0.3 is 5.97 Å². The zero-order valence-corrected chi connectivity index (χ0v) is 17.3. The number of carbonyl (C=O) groups is 2. The van der Waals surface area contributed by atoms with Gasteiger partial charge in [-0.15, -0.1) is 0 Å². The molecular weight excluding hydrogens is 441 g/mol. The largest absolute Gasteiger partial charge is 0.480 e. The van der Waals surface area contributed by atoms with Crippen LogP contribution >= 0.6 is 23.2 Å². The molecule has 0 bridgehead atoms. The third-order valence-electron chi connectivity index (χ3n) is 4.23. The molecule has 152 valence electrons. The first-order valence-electron chi connectivity index (χ1n) is 8.10. The van der Waals surface area contributed by atoms with Crippen molar-refractivity contribution in [1.29, 1.82) is 0 Å². The summed E-state index contributed by atoms with van der Waals surface area (Å²) in [5, 5.41) is 9.99. The van der Waals surface area contributed by atoms with Crippen LogP contribution in [0.25, 0.3) is 10.9 Å². The van der Waals surface area contributed by atoms with E-state index in [1.165, 1.54) is 42.6 Å². The molecular formula is C18H15Cl2N3O5S. The molecule has 0 radical (unpaired) electrons. The van der Waals surface area contributed by atoms with Gasteiger partial charge in [0.05, 0.1) is 21.7 Å². The van der Waals surface area contributed by atoms with Gasteiger partial charge in [0.25, 0.3) is 15.9 Å². The van der Waals surface area contributed by atoms with Crippen LogP contribution in [-0.4, -0.2) is 36.5 Å². The summed E-state index contributed by atoms with van der Waals surface area (Å²) in [6.45, 7) is -0.828. The Morgan fingerprint density at radius 1 is 1.14 bits per heavy atom. The van der Waals surface area contributed by atoms with Gasteiger partial charge in [-0.05, 0) is 36.4 Å². The minimum atomic E-state index is -4.30. The second kappa shape index (κ2) is 7.58. The summed E-state index contributed by atoms with van der Waals surface area (Å²) in [7, 11) is -2.64. The molecule has 0 saturated heterocycles. The topological polar surface area (TPSA) is 123 Å². The number of anilines is 1. The number of amides is 1. The number of nitrogens with zero attached hydrogens (tertiary/aromatic N) is 2. The zero-order chi connectivity index (χ0) is 21.5. The molecule has 11 heteroatoms. The molecule has 1 heterocycles. The number of halogens is 2. The average molecular weight is 456 g/mol. The van der Waals surface area contributed by atoms with Gasteiger partial charge in [0.2, 0.25) is 0 Å². The third-order valence-corrected chi connectivity index (χ3v) is 6.42. The predicted molar refractivity (Wildman–Crippen MR) is 110 cm³/mol. The maximum absolute atomic E-state index is 13.2. The number of carboxylic acid groups (broad SMARTS) is 1. The molecule has 0 spiro atoms. The molecule has 3 aromatic rings. The molecule has 0 aliphatic heterocycles. The summed E-state index contributed by atoms with van der Waals surface area (Å²) < 4.78 is 28.7. The van der Waals surface area contributed by atoms with E-state index in [0.717, 1.165) is 4.31 Å². The normalized spacial score (nSPS) is 11.6. The highest BCUT2D eigenvalue weighted by atomic mass is 35.5. The Balaban J connectivity index is 2.20. The maximum atomic E-state index is 13.2. The van der Waals surface area contributed by atoms with Crippen LogP contribution in [0, 0.1) is 0 Å². The lowest BCUT2D eigenvalue weighted by molar-refractivity contribution is -0.135. The van der Waals surface area contributed by atoms with Gasteiger partial charge in [-0.25, -0.2) is 8.42 Å². The molecule has 0 saturated carbocycles. The number of primary amides is 1. The number of aromatic nitrogens is 1. The van der Waals surface area contributed by atoms with Crippen molar-refractivity contribution in [3.8, 4) is 0 Å². The van der Waals surface area contributed by atoms with Gasteiger partial charge in [0.15, 0.2) is 0 Å². The van der Waals surface area contributed by atoms with E-state index in [4.69, 9.17) is 28.9 Å². The number of rotatable bonds is 6. The fourth-order valence-corrected chi connectivity index (χ4v) is 5.10. The fraction of sp³-hybridized carbons (Fsp3) is 0.111. The Bertz CT molecular complexity index is 1230. The van der Waals surface area contributed by atoms with Gasteiger partial charge in [-0.1, -0.05) is 23.2 Å². The van der Waals surface area contributed by atoms with Crippen LogP contribution in [0.5, 0.6) is 0 Å². The lowest BCUT2D eigenvalue weighted by Gasteiger charge is -2.23. The molecule has 0 unspecified atom stereocenters. The Morgan fingerprint density at radius 3 is 2.31 bits per heavy atom. The summed E-state index contributed by atoms with van der Waals surface area (Å²) in [5.41, 5.74) is 6.23. The third kappa shape index (κ3) is 4.02. The summed E-state index contributed by atoms with van der Waals surface area (Å²) in [5.74, 6) is -1.99. The van der Waals surface area contributed by atoms with Gasteiger partial charge in [-0.3, -0.25) is 13.9 Å². The number of sulfonamides is 1. The first kappa shape index (κ1) is 21.0. The van der Waals surface area contributed by atoms with Gasteiger partial charge in [-0.2, -0.15) is 0 Å². The van der Waals surface area contributed by atoms with Crippen molar-refractivity contribution in [1.82, 2.24) is 4.57 Å². The number of aryl methyl sites for hydroxylation is 1. The summed E-state index contributed by atoms with van der Waals surface area (Å²) in [6, 6.07) is 8.12. The highest BCUT2D eigenvalue weighted by Gasteiger charge is 2.28. The lowest BCUT2D eigenvalue weighted by atomic mass is 10.1. The molecule has 29 heavy (non-hydrogen) atoms. The summed E-state index contributed by atoms with van der Waals surface area (Å²) in [6.07, 6.45) is 1.52. The van der Waals surface area contributed by atoms with Crippen LogP contribution in [0.2, 0.25) is 10.0 Å². The van der Waals surface area contributed by atoms with Crippen LogP contribution in [0.15, 0.2) is 47.5 Å². The van der Waals surface area contributed by atoms with Crippen LogP contribution < -0.4 is 10.0 Å². The fourth-order valence-electron chi connectivity index (χ4n) is 2.97. The zero-order valence-electron chi connectivity index (χ0n) is 15.0. The van der Waals surface area contributed by atoms with E-state index in [-0.39, 0.29) is 26.2 Å². The molecule has 0 fully saturated rings. The minimum absolute atomic E-state index is 0.0909. The lowest BCUT2D eigenvalue weighted by Crippen LogP contribution is -2.35. The molecule has 0 aliphatic carbocycles. The molecule has 3 N–H and O–H groups in total. The van der Waals surface area contributed by atoms with E-state index in [1.807, 2.05) is 0 Å². The smallest absolute Gasteiger partial charge is 0.324 e. The number of aliphatic carboxylic acids is 1.